The molecule has 4 nitrogen and oxygen atoms in total. The number of nitrogens with zero attached hydrogens (tertiary/aromatic N) is 1. The standard InChI is InChI=1S/C15H23NO3S/c1-4-14-6-5-7-16(14)20(18,19)15-9-13(10-17)8-11(2)12(15)3/h8-9,14,17H,4-7,10H2,1-3H3. The molecule has 1 aromatic carbocycles. The van der Waals surface area contributed by atoms with E-state index in [0.29, 0.717) is 17.0 Å². The Balaban J connectivity index is 2.51. The number of sulfonamides is 1. The van der Waals surface area contributed by atoms with Crippen LogP contribution in [0.1, 0.15) is 42.9 Å². The summed E-state index contributed by atoms with van der Waals surface area (Å²) in [6.07, 6.45) is 2.71. The topological polar surface area (TPSA) is 57.6 Å². The van der Waals surface area contributed by atoms with Crippen LogP contribution in [0.25, 0.3) is 0 Å². The average molecular weight is 297 g/mol. The molecule has 0 aromatic heterocycles. The highest BCUT2D eigenvalue weighted by atomic mass is 32.2. The number of aliphatic hydroxyl groups is 1. The zero-order valence-corrected chi connectivity index (χ0v) is 13.2. The van der Waals surface area contributed by atoms with E-state index in [4.69, 9.17) is 0 Å². The third kappa shape index (κ3) is 2.62. The summed E-state index contributed by atoms with van der Waals surface area (Å²) >= 11 is 0. The van der Waals surface area contributed by atoms with Crippen LogP contribution in [0.4, 0.5) is 0 Å². The van der Waals surface area contributed by atoms with Crippen molar-refractivity contribution in [2.45, 2.75) is 57.6 Å². The Labute approximate surface area is 121 Å². The molecule has 0 bridgehead atoms. The Morgan fingerprint density at radius 2 is 2.05 bits per heavy atom. The second kappa shape index (κ2) is 5.84. The maximum Gasteiger partial charge on any atom is 0.243 e. The lowest BCUT2D eigenvalue weighted by atomic mass is 10.1. The molecular formula is C15H23NO3S. The quantitative estimate of drug-likeness (QED) is 0.928. The summed E-state index contributed by atoms with van der Waals surface area (Å²) in [6, 6.07) is 3.57. The van der Waals surface area contributed by atoms with Gasteiger partial charge < -0.3 is 5.11 Å². The molecule has 1 N–H and O–H groups in total. The molecule has 1 saturated heterocycles. The number of hydrogen-bond donors (Lipinski definition) is 1. The predicted octanol–water partition coefficient (Wildman–Crippen LogP) is 2.36. The first kappa shape index (κ1) is 15.5. The average Bonchev–Trinajstić information content (AvgIpc) is 2.90. The summed E-state index contributed by atoms with van der Waals surface area (Å²) in [7, 11) is -3.46. The Hall–Kier alpha value is -0.910. The van der Waals surface area contributed by atoms with E-state index in [0.717, 1.165) is 30.4 Å². The van der Waals surface area contributed by atoms with Crippen molar-refractivity contribution in [3.05, 3.63) is 28.8 Å². The van der Waals surface area contributed by atoms with Gasteiger partial charge in [-0.25, -0.2) is 8.42 Å². The van der Waals surface area contributed by atoms with Crippen molar-refractivity contribution in [1.82, 2.24) is 4.31 Å². The van der Waals surface area contributed by atoms with Gasteiger partial charge in [-0.1, -0.05) is 13.0 Å². The van der Waals surface area contributed by atoms with E-state index in [9.17, 15) is 13.5 Å². The highest BCUT2D eigenvalue weighted by Gasteiger charge is 2.35. The van der Waals surface area contributed by atoms with Gasteiger partial charge in [-0.05, 0) is 55.9 Å². The van der Waals surface area contributed by atoms with Crippen molar-refractivity contribution in [1.29, 1.82) is 0 Å². The van der Waals surface area contributed by atoms with E-state index in [1.165, 1.54) is 0 Å². The fourth-order valence-electron chi connectivity index (χ4n) is 2.92. The van der Waals surface area contributed by atoms with Gasteiger partial charge in [-0.15, -0.1) is 0 Å². The minimum atomic E-state index is -3.46. The van der Waals surface area contributed by atoms with E-state index in [2.05, 4.69) is 0 Å². The Bertz CT molecular complexity index is 595. The molecule has 1 fully saturated rings. The van der Waals surface area contributed by atoms with Gasteiger partial charge in [0.25, 0.3) is 0 Å². The van der Waals surface area contributed by atoms with Crippen LogP contribution in [-0.2, 0) is 16.6 Å². The van der Waals surface area contributed by atoms with Gasteiger partial charge in [-0.3, -0.25) is 0 Å². The minimum Gasteiger partial charge on any atom is -0.392 e. The zero-order chi connectivity index (χ0) is 14.9. The van der Waals surface area contributed by atoms with Crippen LogP contribution in [0.2, 0.25) is 0 Å². The fraction of sp³-hybridized carbons (Fsp3) is 0.600. The maximum atomic E-state index is 12.9. The van der Waals surface area contributed by atoms with Gasteiger partial charge in [0, 0.05) is 12.6 Å². The van der Waals surface area contributed by atoms with Crippen molar-refractivity contribution >= 4 is 10.0 Å². The lowest BCUT2D eigenvalue weighted by Crippen LogP contribution is -2.35. The third-order valence-electron chi connectivity index (χ3n) is 4.24. The molecule has 0 radical (unpaired) electrons. The van der Waals surface area contributed by atoms with Gasteiger partial charge in [0.1, 0.15) is 0 Å². The monoisotopic (exact) mass is 297 g/mol. The molecule has 2 rings (SSSR count). The van der Waals surface area contributed by atoms with Crippen LogP contribution in [0.3, 0.4) is 0 Å². The summed E-state index contributed by atoms with van der Waals surface area (Å²) in [6.45, 7) is 6.21. The molecule has 112 valence electrons. The summed E-state index contributed by atoms with van der Waals surface area (Å²) in [5.74, 6) is 0. The van der Waals surface area contributed by atoms with Crippen molar-refractivity contribution in [2.75, 3.05) is 6.54 Å². The van der Waals surface area contributed by atoms with Crippen LogP contribution in [0, 0.1) is 13.8 Å². The summed E-state index contributed by atoms with van der Waals surface area (Å²) in [5.41, 5.74) is 2.34. The highest BCUT2D eigenvalue weighted by Crippen LogP contribution is 2.30. The minimum absolute atomic E-state index is 0.109. The lowest BCUT2D eigenvalue weighted by molar-refractivity contribution is 0.281. The SMILES string of the molecule is CCC1CCCN1S(=O)(=O)c1cc(CO)cc(C)c1C. The second-order valence-electron chi connectivity index (χ2n) is 5.51. The van der Waals surface area contributed by atoms with Crippen LogP contribution >= 0.6 is 0 Å². The normalized spacial score (nSPS) is 20.5. The van der Waals surface area contributed by atoms with Gasteiger partial charge in [0.15, 0.2) is 0 Å². The summed E-state index contributed by atoms with van der Waals surface area (Å²) in [5, 5.41) is 9.30. The van der Waals surface area contributed by atoms with Crippen LogP contribution in [-0.4, -0.2) is 30.4 Å². The summed E-state index contributed by atoms with van der Waals surface area (Å²) in [4.78, 5) is 0.349. The van der Waals surface area contributed by atoms with E-state index in [1.807, 2.05) is 26.8 Å². The largest absolute Gasteiger partial charge is 0.392 e. The molecule has 1 heterocycles. The van der Waals surface area contributed by atoms with Crippen LogP contribution < -0.4 is 0 Å². The van der Waals surface area contributed by atoms with Crippen molar-refractivity contribution < 1.29 is 13.5 Å². The third-order valence-corrected chi connectivity index (χ3v) is 6.32. The summed E-state index contributed by atoms with van der Waals surface area (Å²) < 4.78 is 27.4. The molecule has 0 amide bonds. The van der Waals surface area contributed by atoms with Gasteiger partial charge in [0.05, 0.1) is 11.5 Å². The highest BCUT2D eigenvalue weighted by molar-refractivity contribution is 7.89. The molecular weight excluding hydrogens is 274 g/mol. The number of aliphatic hydroxyl groups excluding tert-OH is 1. The molecule has 1 atom stereocenters. The first-order chi connectivity index (χ1) is 9.41. The first-order valence-electron chi connectivity index (χ1n) is 7.14. The Kier molecular flexibility index (Phi) is 4.52. The molecule has 0 saturated carbocycles. The number of benzene rings is 1. The molecule has 1 aromatic rings. The van der Waals surface area contributed by atoms with Crippen LogP contribution in [0.5, 0.6) is 0 Å². The van der Waals surface area contributed by atoms with E-state index >= 15 is 0 Å². The van der Waals surface area contributed by atoms with Crippen molar-refractivity contribution in [3.63, 3.8) is 0 Å². The Morgan fingerprint density at radius 1 is 1.35 bits per heavy atom. The molecule has 1 unspecified atom stereocenters. The lowest BCUT2D eigenvalue weighted by Gasteiger charge is -2.24. The number of hydrogen-bond acceptors (Lipinski definition) is 3. The Morgan fingerprint density at radius 3 is 2.65 bits per heavy atom. The predicted molar refractivity (Wildman–Crippen MR) is 79.0 cm³/mol. The maximum absolute atomic E-state index is 12.9. The number of aryl methyl sites for hydroxylation is 1. The molecule has 20 heavy (non-hydrogen) atoms. The van der Waals surface area contributed by atoms with E-state index in [1.54, 1.807) is 10.4 Å². The van der Waals surface area contributed by atoms with E-state index < -0.39 is 10.0 Å². The molecule has 0 aliphatic carbocycles. The van der Waals surface area contributed by atoms with E-state index in [-0.39, 0.29) is 12.6 Å². The first-order valence-corrected chi connectivity index (χ1v) is 8.58. The molecule has 1 aliphatic heterocycles. The van der Waals surface area contributed by atoms with Crippen molar-refractivity contribution in [3.8, 4) is 0 Å². The van der Waals surface area contributed by atoms with Gasteiger partial charge in [0.2, 0.25) is 10.0 Å². The van der Waals surface area contributed by atoms with Crippen LogP contribution in [0.15, 0.2) is 17.0 Å². The number of rotatable bonds is 4. The molecule has 5 heteroatoms. The molecule has 0 spiro atoms. The second-order valence-corrected chi connectivity index (χ2v) is 7.37. The van der Waals surface area contributed by atoms with Gasteiger partial charge in [-0.2, -0.15) is 4.31 Å². The van der Waals surface area contributed by atoms with Gasteiger partial charge >= 0.3 is 0 Å². The zero-order valence-electron chi connectivity index (χ0n) is 12.4. The smallest absolute Gasteiger partial charge is 0.243 e. The van der Waals surface area contributed by atoms with Crippen molar-refractivity contribution in [2.24, 2.45) is 0 Å². The fourth-order valence-corrected chi connectivity index (χ4v) is 5.04. The molecule has 1 aliphatic rings.